The smallest absolute Gasteiger partial charge is 0.550 e. The van der Waals surface area contributed by atoms with Gasteiger partial charge in [0.25, 0.3) is 0 Å². The van der Waals surface area contributed by atoms with Crippen LogP contribution in [-0.2, 0) is 21.2 Å². The fourth-order valence-corrected chi connectivity index (χ4v) is 3.75. The Morgan fingerprint density at radius 3 is 2.24 bits per heavy atom. The van der Waals surface area contributed by atoms with Crippen LogP contribution in [0.1, 0.15) is 50.3 Å². The molecule has 2 atom stereocenters. The molecule has 1 heterocycles. The summed E-state index contributed by atoms with van der Waals surface area (Å²) in [6.45, 7) is 3.76. The molecule has 2 N–H and O–H groups in total. The summed E-state index contributed by atoms with van der Waals surface area (Å²) in [5.41, 5.74) is 2.17. The molecule has 0 radical (unpaired) electrons. The van der Waals surface area contributed by atoms with Crippen molar-refractivity contribution in [2.75, 3.05) is 17.6 Å². The summed E-state index contributed by atoms with van der Waals surface area (Å²) in [5, 5.41) is 30.7. The van der Waals surface area contributed by atoms with Gasteiger partial charge in [-0.2, -0.15) is 0 Å². The van der Waals surface area contributed by atoms with E-state index in [0.717, 1.165) is 10.6 Å². The molecular formula is C22H29FN3NaO6S. The molecule has 0 saturated heterocycles. The Balaban J connectivity index is 0.00000578. The largest absolute Gasteiger partial charge is 1.00 e. The third-order valence-electron chi connectivity index (χ3n) is 5.14. The van der Waals surface area contributed by atoms with E-state index in [1.165, 1.54) is 31.3 Å². The molecule has 0 bridgehead atoms. The molecule has 2 unspecified atom stereocenters. The quantitative estimate of drug-likeness (QED) is 0.334. The molecule has 0 aliphatic carbocycles. The van der Waals surface area contributed by atoms with E-state index in [-0.39, 0.29) is 60.7 Å². The first kappa shape index (κ1) is 30.4. The first-order chi connectivity index (χ1) is 15.3. The maximum absolute atomic E-state index is 13.5. The molecule has 1 aromatic heterocycles. The fraction of sp³-hybridized carbons (Fsp3) is 0.500. The van der Waals surface area contributed by atoms with Crippen molar-refractivity contribution < 1.29 is 62.5 Å². The van der Waals surface area contributed by atoms with Crippen molar-refractivity contribution in [1.82, 2.24) is 9.97 Å². The standard InChI is InChI=1S/C22H30FN3O6S.Na/c1-13(2)20-18(10-9-16(27)11-17(28)12-19(29)30)21(14-5-7-15(23)8-6-14)25-22(24-20)26(3)33(4,31)32;/h5-8,13,16-17,27-28H,9-12H2,1-4H3,(H,29,30);/q;+1/p-1. The molecule has 0 amide bonds. The molecule has 0 saturated carbocycles. The monoisotopic (exact) mass is 505 g/mol. The van der Waals surface area contributed by atoms with E-state index in [9.17, 15) is 32.9 Å². The topological polar surface area (TPSA) is 144 Å². The van der Waals surface area contributed by atoms with Gasteiger partial charge in [0, 0.05) is 30.6 Å². The number of carbonyl (C=O) groups excluding carboxylic acids is 1. The number of aliphatic hydroxyl groups excluding tert-OH is 2. The summed E-state index contributed by atoms with van der Waals surface area (Å²) in [6, 6.07) is 5.58. The van der Waals surface area contributed by atoms with E-state index < -0.39 is 40.4 Å². The van der Waals surface area contributed by atoms with Crippen molar-refractivity contribution in [2.24, 2.45) is 0 Å². The maximum atomic E-state index is 13.5. The van der Waals surface area contributed by atoms with Gasteiger partial charge < -0.3 is 20.1 Å². The number of aliphatic hydroxyl groups is 2. The Labute approximate surface area is 221 Å². The second-order valence-corrected chi connectivity index (χ2v) is 10.3. The minimum atomic E-state index is -3.64. The van der Waals surface area contributed by atoms with Crippen LogP contribution in [0.4, 0.5) is 10.3 Å². The SMILES string of the molecule is CC(C)c1nc(N(C)S(C)(=O)=O)nc(-c2ccc(F)cc2)c1CCC(O)CC(O)CC(=O)[O-].[Na+]. The molecule has 2 aromatic rings. The van der Waals surface area contributed by atoms with Gasteiger partial charge >= 0.3 is 29.6 Å². The van der Waals surface area contributed by atoms with Crippen molar-refractivity contribution in [3.8, 4) is 11.3 Å². The summed E-state index contributed by atoms with van der Waals surface area (Å²) in [7, 11) is -2.30. The van der Waals surface area contributed by atoms with E-state index in [2.05, 4.69) is 9.97 Å². The van der Waals surface area contributed by atoms with Crippen LogP contribution in [-0.4, -0.2) is 60.1 Å². The van der Waals surface area contributed by atoms with Crippen LogP contribution in [0.25, 0.3) is 11.3 Å². The molecule has 0 fully saturated rings. The number of sulfonamides is 1. The van der Waals surface area contributed by atoms with E-state index >= 15 is 0 Å². The van der Waals surface area contributed by atoms with Gasteiger partial charge in [-0.15, -0.1) is 0 Å². The number of anilines is 1. The van der Waals surface area contributed by atoms with Gasteiger partial charge in [-0.1, -0.05) is 13.8 Å². The Hall–Kier alpha value is -1.63. The number of benzene rings is 1. The molecule has 0 aliphatic rings. The third kappa shape index (κ3) is 8.54. The Bertz CT molecular complexity index is 1080. The van der Waals surface area contributed by atoms with Crippen LogP contribution in [0, 0.1) is 5.82 Å². The van der Waals surface area contributed by atoms with Gasteiger partial charge in [0.05, 0.1) is 29.9 Å². The number of nitrogens with zero attached hydrogens (tertiary/aromatic N) is 3. The molecular weight excluding hydrogens is 476 g/mol. The predicted octanol–water partition coefficient (Wildman–Crippen LogP) is -2.01. The van der Waals surface area contributed by atoms with Gasteiger partial charge in [0.2, 0.25) is 16.0 Å². The second-order valence-electron chi connectivity index (χ2n) is 8.29. The normalized spacial score (nSPS) is 13.3. The minimum Gasteiger partial charge on any atom is -0.550 e. The number of carbonyl (C=O) groups is 1. The zero-order valence-corrected chi connectivity index (χ0v) is 22.8. The summed E-state index contributed by atoms with van der Waals surface area (Å²) in [6.07, 6.45) is -1.50. The van der Waals surface area contributed by atoms with Crippen molar-refractivity contribution in [2.45, 2.75) is 57.7 Å². The summed E-state index contributed by atoms with van der Waals surface area (Å²) in [4.78, 5) is 19.6. The van der Waals surface area contributed by atoms with E-state index in [1.807, 2.05) is 13.8 Å². The van der Waals surface area contributed by atoms with Crippen molar-refractivity contribution in [3.05, 3.63) is 41.3 Å². The number of aromatic nitrogens is 2. The van der Waals surface area contributed by atoms with Gasteiger partial charge in [0.1, 0.15) is 5.82 Å². The van der Waals surface area contributed by atoms with Gasteiger partial charge in [-0.3, -0.25) is 0 Å². The van der Waals surface area contributed by atoms with Crippen LogP contribution < -0.4 is 39.0 Å². The summed E-state index contributed by atoms with van der Waals surface area (Å²) < 4.78 is 38.6. The van der Waals surface area contributed by atoms with E-state index in [0.29, 0.717) is 22.5 Å². The second kappa shape index (κ2) is 12.9. The Morgan fingerprint density at radius 1 is 1.15 bits per heavy atom. The van der Waals surface area contributed by atoms with E-state index in [1.54, 1.807) is 0 Å². The van der Waals surface area contributed by atoms with Crippen LogP contribution in [0.2, 0.25) is 0 Å². The Kier molecular flexibility index (Phi) is 11.5. The van der Waals surface area contributed by atoms with Crippen molar-refractivity contribution in [1.29, 1.82) is 0 Å². The molecule has 0 spiro atoms. The number of rotatable bonds is 11. The predicted molar refractivity (Wildman–Crippen MR) is 119 cm³/mol. The number of halogens is 1. The number of aliphatic carboxylic acids is 1. The van der Waals surface area contributed by atoms with Gasteiger partial charge in [0.15, 0.2) is 0 Å². The Morgan fingerprint density at radius 2 is 1.74 bits per heavy atom. The molecule has 182 valence electrons. The number of carboxylic acids is 1. The zero-order valence-electron chi connectivity index (χ0n) is 20.0. The van der Waals surface area contributed by atoms with Crippen molar-refractivity contribution >= 4 is 21.9 Å². The van der Waals surface area contributed by atoms with Gasteiger partial charge in [-0.25, -0.2) is 27.1 Å². The molecule has 1 aromatic carbocycles. The molecule has 9 nitrogen and oxygen atoms in total. The van der Waals surface area contributed by atoms with Crippen LogP contribution in [0.3, 0.4) is 0 Å². The fourth-order valence-electron chi connectivity index (χ4n) is 3.37. The number of carboxylic acid groups (broad SMARTS) is 1. The first-order valence-corrected chi connectivity index (χ1v) is 12.3. The molecule has 34 heavy (non-hydrogen) atoms. The third-order valence-corrected chi connectivity index (χ3v) is 6.30. The first-order valence-electron chi connectivity index (χ1n) is 10.5. The molecule has 12 heteroatoms. The van der Waals surface area contributed by atoms with Crippen LogP contribution >= 0.6 is 0 Å². The van der Waals surface area contributed by atoms with Gasteiger partial charge in [-0.05, 0) is 49.4 Å². The number of hydrogen-bond donors (Lipinski definition) is 2. The summed E-state index contributed by atoms with van der Waals surface area (Å²) >= 11 is 0. The van der Waals surface area contributed by atoms with Crippen molar-refractivity contribution in [3.63, 3.8) is 0 Å². The van der Waals surface area contributed by atoms with Crippen LogP contribution in [0.5, 0.6) is 0 Å². The average Bonchev–Trinajstić information content (AvgIpc) is 2.70. The molecule has 0 aliphatic heterocycles. The molecule has 2 rings (SSSR count). The zero-order chi connectivity index (χ0) is 24.9. The maximum Gasteiger partial charge on any atom is 1.00 e. The van der Waals surface area contributed by atoms with Crippen LogP contribution in [0.15, 0.2) is 24.3 Å². The average molecular weight is 506 g/mol. The number of hydrogen-bond acceptors (Lipinski definition) is 8. The minimum absolute atomic E-state index is 0. The summed E-state index contributed by atoms with van der Waals surface area (Å²) in [5.74, 6) is -2.01. The van der Waals surface area contributed by atoms with E-state index in [4.69, 9.17) is 0 Å².